The van der Waals surface area contributed by atoms with Crippen LogP contribution in [-0.4, -0.2) is 32.7 Å². The molecule has 7 nitrogen and oxygen atoms in total. The Hall–Kier alpha value is -3.22. The Bertz CT molecular complexity index is 1080. The van der Waals surface area contributed by atoms with Gasteiger partial charge in [0.1, 0.15) is 0 Å². The zero-order valence-corrected chi connectivity index (χ0v) is 19.0. The van der Waals surface area contributed by atoms with Crippen LogP contribution >= 0.6 is 0 Å². The number of benzene rings is 1. The summed E-state index contributed by atoms with van der Waals surface area (Å²) in [6.45, 7) is 12.0. The molecule has 2 heterocycles. The predicted molar refractivity (Wildman–Crippen MR) is 120 cm³/mol. The summed E-state index contributed by atoms with van der Waals surface area (Å²) < 4.78 is 7.29. The summed E-state index contributed by atoms with van der Waals surface area (Å²) in [6.07, 6.45) is 0.703. The number of pyridine rings is 1. The molecule has 0 saturated carbocycles. The molecule has 0 unspecified atom stereocenters. The van der Waals surface area contributed by atoms with Crippen LogP contribution in [0.1, 0.15) is 73.8 Å². The molecule has 0 bridgehead atoms. The molecule has 164 valence electrons. The number of esters is 1. The van der Waals surface area contributed by atoms with E-state index in [9.17, 15) is 9.59 Å². The first kappa shape index (κ1) is 22.5. The van der Waals surface area contributed by atoms with Gasteiger partial charge in [0.25, 0.3) is 5.91 Å². The fraction of sp³-hybridized carbons (Fsp3) is 0.417. The molecule has 1 atom stereocenters. The van der Waals surface area contributed by atoms with Gasteiger partial charge in [0.05, 0.1) is 17.1 Å². The molecule has 0 saturated heterocycles. The topological polar surface area (TPSA) is 86.1 Å². The molecule has 1 amide bonds. The van der Waals surface area contributed by atoms with Crippen molar-refractivity contribution in [3.8, 4) is 0 Å². The van der Waals surface area contributed by atoms with Gasteiger partial charge in [0.2, 0.25) is 0 Å². The van der Waals surface area contributed by atoms with Crippen molar-refractivity contribution in [3.05, 3.63) is 58.9 Å². The van der Waals surface area contributed by atoms with Crippen molar-refractivity contribution in [1.82, 2.24) is 20.1 Å². The maximum Gasteiger partial charge on any atom is 0.339 e. The van der Waals surface area contributed by atoms with Crippen LogP contribution in [0.25, 0.3) is 11.0 Å². The fourth-order valence-corrected chi connectivity index (χ4v) is 3.20. The van der Waals surface area contributed by atoms with Crippen LogP contribution in [0.2, 0.25) is 0 Å². The third-order valence-corrected chi connectivity index (χ3v) is 5.13. The first-order chi connectivity index (χ1) is 14.7. The lowest BCUT2D eigenvalue weighted by atomic mass is 10.1. The Labute approximate surface area is 182 Å². The summed E-state index contributed by atoms with van der Waals surface area (Å²) >= 11 is 0. The summed E-state index contributed by atoms with van der Waals surface area (Å²) in [7, 11) is 0. The number of fused-ring (bicyclic) bond motifs is 1. The number of hydrogen-bond donors (Lipinski definition) is 1. The fourth-order valence-electron chi connectivity index (χ4n) is 3.20. The molecule has 3 rings (SSSR count). The van der Waals surface area contributed by atoms with E-state index < -0.39 is 12.1 Å². The number of aromatic nitrogens is 3. The van der Waals surface area contributed by atoms with Crippen molar-refractivity contribution in [2.75, 3.05) is 0 Å². The molecule has 0 spiro atoms. The molecule has 1 N–H and O–H groups in total. The van der Waals surface area contributed by atoms with E-state index in [0.29, 0.717) is 23.1 Å². The van der Waals surface area contributed by atoms with E-state index in [1.165, 1.54) is 0 Å². The van der Waals surface area contributed by atoms with E-state index in [2.05, 4.69) is 10.4 Å². The third-order valence-electron chi connectivity index (χ3n) is 5.13. The molecule has 0 aliphatic heterocycles. The van der Waals surface area contributed by atoms with Gasteiger partial charge >= 0.3 is 5.97 Å². The van der Waals surface area contributed by atoms with Gasteiger partial charge in [-0.15, -0.1) is 0 Å². The van der Waals surface area contributed by atoms with Gasteiger partial charge in [-0.1, -0.05) is 43.7 Å². The number of carbonyl (C=O) groups excluding carboxylic acids is 2. The van der Waals surface area contributed by atoms with Gasteiger partial charge in [0.15, 0.2) is 11.8 Å². The average Bonchev–Trinajstić information content (AvgIpc) is 3.16. The highest BCUT2D eigenvalue weighted by atomic mass is 16.5. The minimum Gasteiger partial charge on any atom is -0.449 e. The van der Waals surface area contributed by atoms with Crippen LogP contribution in [0.3, 0.4) is 0 Å². The van der Waals surface area contributed by atoms with E-state index in [1.807, 2.05) is 58.9 Å². The molecule has 31 heavy (non-hydrogen) atoms. The maximum absolute atomic E-state index is 13.0. The first-order valence-corrected chi connectivity index (χ1v) is 10.6. The smallest absolute Gasteiger partial charge is 0.339 e. The quantitative estimate of drug-likeness (QED) is 0.574. The highest BCUT2D eigenvalue weighted by Gasteiger charge is 2.23. The van der Waals surface area contributed by atoms with Crippen LogP contribution in [0.15, 0.2) is 36.5 Å². The molecule has 0 aliphatic rings. The van der Waals surface area contributed by atoms with E-state index in [0.717, 1.165) is 16.8 Å². The third kappa shape index (κ3) is 5.10. The molecular formula is C24H30N4O3. The van der Waals surface area contributed by atoms with Crippen LogP contribution in [0.4, 0.5) is 0 Å². The lowest BCUT2D eigenvalue weighted by molar-refractivity contribution is -0.129. The number of nitrogens with one attached hydrogen (secondary N) is 1. The summed E-state index contributed by atoms with van der Waals surface area (Å²) in [6, 6.07) is 9.73. The van der Waals surface area contributed by atoms with Gasteiger partial charge < -0.3 is 10.1 Å². The number of amides is 1. The number of hydrogen-bond acceptors (Lipinski definition) is 5. The van der Waals surface area contributed by atoms with Crippen LogP contribution in [-0.2, 0) is 16.1 Å². The number of aryl methyl sites for hydroxylation is 1. The van der Waals surface area contributed by atoms with Gasteiger partial charge in [-0.3, -0.25) is 4.79 Å². The Morgan fingerprint density at radius 1 is 1.10 bits per heavy atom. The Kier molecular flexibility index (Phi) is 6.73. The van der Waals surface area contributed by atoms with E-state index >= 15 is 0 Å². The van der Waals surface area contributed by atoms with Crippen LogP contribution in [0, 0.1) is 6.92 Å². The van der Waals surface area contributed by atoms with Crippen LogP contribution < -0.4 is 5.32 Å². The summed E-state index contributed by atoms with van der Waals surface area (Å²) in [4.78, 5) is 30.1. The van der Waals surface area contributed by atoms with E-state index in [-0.39, 0.29) is 17.9 Å². The number of rotatable bonds is 7. The zero-order valence-electron chi connectivity index (χ0n) is 19.0. The van der Waals surface area contributed by atoms with Crippen molar-refractivity contribution >= 4 is 22.9 Å². The van der Waals surface area contributed by atoms with E-state index in [4.69, 9.17) is 9.72 Å². The minimum atomic E-state index is -0.927. The summed E-state index contributed by atoms with van der Waals surface area (Å²) in [5.74, 6) is -0.779. The van der Waals surface area contributed by atoms with Crippen molar-refractivity contribution < 1.29 is 14.3 Å². The Morgan fingerprint density at radius 3 is 2.39 bits per heavy atom. The molecular weight excluding hydrogens is 392 g/mol. The second kappa shape index (κ2) is 9.29. The average molecular weight is 423 g/mol. The number of carbonyl (C=O) groups is 2. The van der Waals surface area contributed by atoms with Crippen molar-refractivity contribution in [3.63, 3.8) is 0 Å². The monoisotopic (exact) mass is 422 g/mol. The highest BCUT2D eigenvalue weighted by Crippen LogP contribution is 2.25. The summed E-state index contributed by atoms with van der Waals surface area (Å²) in [5, 5.41) is 7.83. The van der Waals surface area contributed by atoms with Crippen molar-refractivity contribution in [1.29, 1.82) is 0 Å². The van der Waals surface area contributed by atoms with Crippen molar-refractivity contribution in [2.45, 2.75) is 66.2 Å². The molecule has 0 aliphatic carbocycles. The summed E-state index contributed by atoms with van der Waals surface area (Å²) in [5.41, 5.74) is 3.93. The Morgan fingerprint density at radius 2 is 1.77 bits per heavy atom. The molecule has 0 radical (unpaired) electrons. The number of nitrogens with zero attached hydrogens (tertiary/aromatic N) is 3. The lowest BCUT2D eigenvalue weighted by Gasteiger charge is -2.15. The normalized spacial score (nSPS) is 12.4. The Balaban J connectivity index is 1.77. The largest absolute Gasteiger partial charge is 0.449 e. The predicted octanol–water partition coefficient (Wildman–Crippen LogP) is 4.31. The zero-order chi connectivity index (χ0) is 22.7. The second-order valence-corrected chi connectivity index (χ2v) is 8.42. The van der Waals surface area contributed by atoms with E-state index in [1.54, 1.807) is 23.9 Å². The van der Waals surface area contributed by atoms with Gasteiger partial charge in [-0.25, -0.2) is 14.5 Å². The molecule has 1 aromatic carbocycles. The first-order valence-electron chi connectivity index (χ1n) is 10.6. The van der Waals surface area contributed by atoms with Gasteiger partial charge in [0, 0.05) is 18.3 Å². The lowest BCUT2D eigenvalue weighted by Crippen LogP contribution is -2.35. The molecule has 2 aromatic heterocycles. The number of ether oxygens (including phenoxy) is 1. The minimum absolute atomic E-state index is 0.0998. The molecule has 0 fully saturated rings. The maximum atomic E-state index is 13.0. The molecule has 7 heteroatoms. The van der Waals surface area contributed by atoms with Gasteiger partial charge in [-0.2, -0.15) is 5.10 Å². The second-order valence-electron chi connectivity index (χ2n) is 8.42. The SMILES string of the molecule is Cc1ccc(CNC(=O)[C@H](C)OC(=O)c2cc(C(C)C)nc3c2cnn3C(C)C)cc1. The van der Waals surface area contributed by atoms with Crippen molar-refractivity contribution in [2.24, 2.45) is 0 Å². The highest BCUT2D eigenvalue weighted by molar-refractivity contribution is 6.03. The standard InChI is InChI=1S/C24H30N4O3/c1-14(2)21-11-19(20-13-26-28(15(3)4)22(20)27-21)24(30)31-17(6)23(29)25-12-18-9-7-16(5)8-10-18/h7-11,13-15,17H,12H2,1-6H3,(H,25,29)/t17-/m0/s1. The van der Waals surface area contributed by atoms with Crippen LogP contribution in [0.5, 0.6) is 0 Å². The molecule has 3 aromatic rings. The van der Waals surface area contributed by atoms with Gasteiger partial charge in [-0.05, 0) is 45.2 Å².